The lowest BCUT2D eigenvalue weighted by molar-refractivity contribution is -0.137. The predicted molar refractivity (Wildman–Crippen MR) is 86.1 cm³/mol. The first-order valence-electron chi connectivity index (χ1n) is 7.44. The summed E-state index contributed by atoms with van der Waals surface area (Å²) in [6.45, 7) is 0.581. The van der Waals surface area contributed by atoms with Crippen molar-refractivity contribution in [2.75, 3.05) is 13.6 Å². The molecule has 5 nitrogen and oxygen atoms in total. The maximum atomic E-state index is 12.6. The lowest BCUT2D eigenvalue weighted by Gasteiger charge is -2.11. The zero-order chi connectivity index (χ0) is 18.2. The molecule has 2 heterocycles. The van der Waals surface area contributed by atoms with Crippen LogP contribution in [0.5, 0.6) is 0 Å². The number of alkyl halides is 3. The molecule has 1 aliphatic rings. The number of likely N-dealkylation sites (N-methyl/N-ethyl adjacent to an activating group) is 1. The molecule has 1 aromatic carbocycles. The number of carbonyl (C=O) groups excluding carboxylic acids is 2. The van der Waals surface area contributed by atoms with E-state index in [9.17, 15) is 22.8 Å². The minimum atomic E-state index is -4.40. The second-order valence-corrected chi connectivity index (χ2v) is 6.55. The summed E-state index contributed by atoms with van der Waals surface area (Å²) in [7, 11) is 1.67. The van der Waals surface area contributed by atoms with E-state index in [1.54, 1.807) is 11.9 Å². The lowest BCUT2D eigenvalue weighted by atomic mass is 10.1. The van der Waals surface area contributed by atoms with Gasteiger partial charge in [0.1, 0.15) is 16.7 Å². The Morgan fingerprint density at radius 2 is 2.00 bits per heavy atom. The van der Waals surface area contributed by atoms with Crippen LogP contribution in [0.25, 0.3) is 10.6 Å². The largest absolute Gasteiger partial charge is 0.416 e. The third-order valence-corrected chi connectivity index (χ3v) is 4.82. The molecular weight excluding hydrogens is 355 g/mol. The molecule has 1 atom stereocenters. The maximum absolute atomic E-state index is 12.6. The fourth-order valence-corrected chi connectivity index (χ4v) is 3.31. The summed E-state index contributed by atoms with van der Waals surface area (Å²) in [4.78, 5) is 29.7. The molecule has 132 valence electrons. The van der Waals surface area contributed by atoms with Gasteiger partial charge in [0.15, 0.2) is 0 Å². The highest BCUT2D eigenvalue weighted by molar-refractivity contribution is 7.13. The first kappa shape index (κ1) is 17.4. The fraction of sp³-hybridized carbons (Fsp3) is 0.312. The Morgan fingerprint density at radius 1 is 1.32 bits per heavy atom. The molecule has 1 unspecified atom stereocenters. The van der Waals surface area contributed by atoms with Crippen molar-refractivity contribution in [3.05, 3.63) is 40.9 Å². The Morgan fingerprint density at radius 3 is 2.56 bits per heavy atom. The van der Waals surface area contributed by atoms with Crippen molar-refractivity contribution in [2.45, 2.75) is 18.6 Å². The van der Waals surface area contributed by atoms with Crippen LogP contribution in [-0.2, 0) is 11.0 Å². The van der Waals surface area contributed by atoms with Gasteiger partial charge in [-0.3, -0.25) is 9.59 Å². The normalized spacial score (nSPS) is 17.8. The average Bonchev–Trinajstić information content (AvgIpc) is 3.17. The number of likely N-dealkylation sites (tertiary alicyclic amines) is 1. The zero-order valence-electron chi connectivity index (χ0n) is 13.1. The van der Waals surface area contributed by atoms with E-state index >= 15 is 0 Å². The molecule has 1 fully saturated rings. The van der Waals surface area contributed by atoms with Crippen LogP contribution < -0.4 is 5.32 Å². The molecule has 0 saturated carbocycles. The summed E-state index contributed by atoms with van der Waals surface area (Å²) in [5.74, 6) is -0.616. The Labute approximate surface area is 145 Å². The summed E-state index contributed by atoms with van der Waals surface area (Å²) in [6.07, 6.45) is -3.86. The Balaban J connectivity index is 1.72. The minimum absolute atomic E-state index is 0.141. The van der Waals surface area contributed by atoms with E-state index in [4.69, 9.17) is 0 Å². The van der Waals surface area contributed by atoms with E-state index < -0.39 is 23.7 Å². The van der Waals surface area contributed by atoms with Crippen LogP contribution in [0.15, 0.2) is 29.6 Å². The molecule has 9 heteroatoms. The highest BCUT2D eigenvalue weighted by Gasteiger charge is 2.31. The number of benzene rings is 1. The van der Waals surface area contributed by atoms with Gasteiger partial charge >= 0.3 is 6.18 Å². The van der Waals surface area contributed by atoms with Crippen LogP contribution in [0.1, 0.15) is 22.5 Å². The number of amides is 2. The smallest absolute Gasteiger partial charge is 0.344 e. The number of aromatic nitrogens is 1. The molecule has 1 aromatic heterocycles. The van der Waals surface area contributed by atoms with Gasteiger partial charge in [0.25, 0.3) is 5.91 Å². The lowest BCUT2D eigenvalue weighted by Crippen LogP contribution is -2.40. The van der Waals surface area contributed by atoms with E-state index in [0.717, 1.165) is 23.5 Å². The van der Waals surface area contributed by atoms with E-state index in [1.165, 1.54) is 17.5 Å². The third kappa shape index (κ3) is 3.65. The second-order valence-electron chi connectivity index (χ2n) is 5.69. The first-order chi connectivity index (χ1) is 11.8. The zero-order valence-corrected chi connectivity index (χ0v) is 13.9. The number of carbonyl (C=O) groups is 2. The molecule has 2 amide bonds. The molecule has 1 N–H and O–H groups in total. The van der Waals surface area contributed by atoms with E-state index in [-0.39, 0.29) is 11.6 Å². The number of thiazole rings is 1. The Bertz CT molecular complexity index is 802. The van der Waals surface area contributed by atoms with Crippen molar-refractivity contribution in [3.63, 3.8) is 0 Å². The fourth-order valence-electron chi connectivity index (χ4n) is 2.50. The molecule has 1 saturated heterocycles. The molecule has 3 rings (SSSR count). The van der Waals surface area contributed by atoms with Gasteiger partial charge in [-0.25, -0.2) is 4.98 Å². The van der Waals surface area contributed by atoms with Crippen LogP contribution >= 0.6 is 11.3 Å². The molecular formula is C16H14F3N3O2S. The van der Waals surface area contributed by atoms with Gasteiger partial charge in [0, 0.05) is 24.5 Å². The predicted octanol–water partition coefficient (Wildman–Crippen LogP) is 2.79. The van der Waals surface area contributed by atoms with Gasteiger partial charge in [-0.1, -0.05) is 12.1 Å². The van der Waals surface area contributed by atoms with Crippen LogP contribution in [-0.4, -0.2) is 41.3 Å². The minimum Gasteiger partial charge on any atom is -0.344 e. The van der Waals surface area contributed by atoms with Gasteiger partial charge in [0.05, 0.1) is 5.56 Å². The quantitative estimate of drug-likeness (QED) is 0.905. The monoisotopic (exact) mass is 369 g/mol. The number of nitrogens with zero attached hydrogens (tertiary/aromatic N) is 2. The summed E-state index contributed by atoms with van der Waals surface area (Å²) < 4.78 is 37.8. The second kappa shape index (κ2) is 6.47. The Kier molecular flexibility index (Phi) is 4.51. The standard InChI is InChI=1S/C16H14F3N3O2S/c1-22-7-6-11(15(22)24)20-13(23)12-8-25-14(21-12)9-2-4-10(5-3-9)16(17,18)19/h2-5,8,11H,6-7H2,1H3,(H,20,23). The summed E-state index contributed by atoms with van der Waals surface area (Å²) in [5, 5.41) is 4.59. The summed E-state index contributed by atoms with van der Waals surface area (Å²) in [5.41, 5.74) is -0.106. The van der Waals surface area contributed by atoms with Crippen molar-refractivity contribution in [1.29, 1.82) is 0 Å². The van der Waals surface area contributed by atoms with Gasteiger partial charge in [0.2, 0.25) is 5.91 Å². The molecule has 0 bridgehead atoms. The summed E-state index contributed by atoms with van der Waals surface area (Å²) in [6, 6.07) is 4.03. The number of halogens is 3. The number of rotatable bonds is 3. The van der Waals surface area contributed by atoms with E-state index in [0.29, 0.717) is 23.5 Å². The number of hydrogen-bond donors (Lipinski definition) is 1. The van der Waals surface area contributed by atoms with E-state index in [2.05, 4.69) is 10.3 Å². The molecule has 2 aromatic rings. The van der Waals surface area contributed by atoms with Gasteiger partial charge in [-0.05, 0) is 18.6 Å². The number of hydrogen-bond acceptors (Lipinski definition) is 4. The molecule has 0 spiro atoms. The molecule has 25 heavy (non-hydrogen) atoms. The molecule has 0 aliphatic carbocycles. The Hall–Kier alpha value is -2.42. The van der Waals surface area contributed by atoms with Crippen LogP contribution in [0.4, 0.5) is 13.2 Å². The van der Waals surface area contributed by atoms with Crippen molar-refractivity contribution in [2.24, 2.45) is 0 Å². The summed E-state index contributed by atoms with van der Waals surface area (Å²) >= 11 is 1.16. The van der Waals surface area contributed by atoms with Crippen LogP contribution in [0, 0.1) is 0 Å². The van der Waals surface area contributed by atoms with Gasteiger partial charge in [-0.2, -0.15) is 13.2 Å². The first-order valence-corrected chi connectivity index (χ1v) is 8.32. The maximum Gasteiger partial charge on any atom is 0.416 e. The third-order valence-electron chi connectivity index (χ3n) is 3.93. The molecule has 1 aliphatic heterocycles. The topological polar surface area (TPSA) is 62.3 Å². The van der Waals surface area contributed by atoms with Gasteiger partial charge in [-0.15, -0.1) is 11.3 Å². The van der Waals surface area contributed by atoms with Crippen molar-refractivity contribution in [1.82, 2.24) is 15.2 Å². The van der Waals surface area contributed by atoms with Crippen molar-refractivity contribution in [3.8, 4) is 10.6 Å². The average molecular weight is 369 g/mol. The van der Waals surface area contributed by atoms with Gasteiger partial charge < -0.3 is 10.2 Å². The van der Waals surface area contributed by atoms with Crippen molar-refractivity contribution < 1.29 is 22.8 Å². The van der Waals surface area contributed by atoms with E-state index in [1.807, 2.05) is 0 Å². The number of nitrogens with one attached hydrogen (secondary N) is 1. The molecule has 0 radical (unpaired) electrons. The van der Waals surface area contributed by atoms with Crippen molar-refractivity contribution >= 4 is 23.2 Å². The SMILES string of the molecule is CN1CCC(NC(=O)c2csc(-c3ccc(C(F)(F)F)cc3)n2)C1=O. The van der Waals surface area contributed by atoms with Crippen LogP contribution in [0.3, 0.4) is 0 Å². The highest BCUT2D eigenvalue weighted by Crippen LogP contribution is 2.31. The highest BCUT2D eigenvalue weighted by atomic mass is 32.1. The van der Waals surface area contributed by atoms with Crippen LogP contribution in [0.2, 0.25) is 0 Å².